The molecule has 1 aromatic rings. The number of hydrogen-bond donors (Lipinski definition) is 4. The zero-order chi connectivity index (χ0) is 29.2. The second-order valence-electron chi connectivity index (χ2n) is 11.2. The number of fused-ring (bicyclic) bond motifs is 2. The van der Waals surface area contributed by atoms with Crippen LogP contribution in [0.2, 0.25) is 5.02 Å². The Hall–Kier alpha value is -3.55. The van der Waals surface area contributed by atoms with Gasteiger partial charge in [-0.1, -0.05) is 47.5 Å². The molecule has 0 aromatic heterocycles. The van der Waals surface area contributed by atoms with Crippen molar-refractivity contribution in [3.8, 4) is 0 Å². The van der Waals surface area contributed by atoms with Gasteiger partial charge >= 0.3 is 18.0 Å². The van der Waals surface area contributed by atoms with Crippen molar-refractivity contribution < 1.29 is 29.1 Å². The number of carboxylic acid groups (broad SMARTS) is 1. The summed E-state index contributed by atoms with van der Waals surface area (Å²) in [6.45, 7) is 3.79. The number of carboxylic acids is 1. The highest BCUT2D eigenvalue weighted by Gasteiger charge is 2.64. The minimum Gasteiger partial charge on any atom is -0.480 e. The number of thioether (sulfide) groups is 1. The Bertz CT molecular complexity index is 1400. The second kappa shape index (κ2) is 10.1. The molecule has 0 spiro atoms. The Kier molecular flexibility index (Phi) is 6.78. The zero-order valence-electron chi connectivity index (χ0n) is 22.2. The summed E-state index contributed by atoms with van der Waals surface area (Å²) in [4.78, 5) is 65.5. The highest BCUT2D eigenvalue weighted by Crippen LogP contribution is 2.50. The molecule has 12 nitrogen and oxygen atoms in total. The highest BCUT2D eigenvalue weighted by atomic mass is 35.5. The predicted molar refractivity (Wildman–Crippen MR) is 149 cm³/mol. The van der Waals surface area contributed by atoms with Crippen LogP contribution in [0, 0.1) is 0 Å². The fourth-order valence-corrected chi connectivity index (χ4v) is 7.83. The van der Waals surface area contributed by atoms with Gasteiger partial charge < -0.3 is 20.6 Å². The highest BCUT2D eigenvalue weighted by molar-refractivity contribution is 8.01. The van der Waals surface area contributed by atoms with Crippen LogP contribution in [0.25, 0.3) is 0 Å². The third-order valence-corrected chi connectivity index (χ3v) is 9.91. The number of hydrogen-bond acceptors (Lipinski definition) is 7. The molecule has 41 heavy (non-hydrogen) atoms. The first-order valence-corrected chi connectivity index (χ1v) is 14.5. The number of carbonyl (C=O) groups excluding carboxylic acids is 4. The summed E-state index contributed by atoms with van der Waals surface area (Å²) < 4.78 is -0.673. The lowest BCUT2D eigenvalue weighted by atomic mass is 9.95. The normalized spacial score (nSPS) is 31.1. The molecule has 3 unspecified atom stereocenters. The van der Waals surface area contributed by atoms with Crippen LogP contribution in [0.4, 0.5) is 9.59 Å². The summed E-state index contributed by atoms with van der Waals surface area (Å²) in [7, 11) is 0. The minimum absolute atomic E-state index is 0.0226. The van der Waals surface area contributed by atoms with Crippen LogP contribution in [0.3, 0.4) is 0 Å². The number of urea groups is 2. The number of amides is 6. The van der Waals surface area contributed by atoms with Gasteiger partial charge in [-0.25, -0.2) is 24.7 Å². The van der Waals surface area contributed by atoms with E-state index in [0.29, 0.717) is 11.4 Å². The molecule has 4 heterocycles. The molecule has 14 heteroatoms. The SMILES string of the molecule is CC1(C)S[C@@H]2[C@H](NC(=O)CC3=CC(NC(=O)N4CC5C(c6ccc(Cl)cc6)NN5C4=O)C=CC3)C(=O)N2[C@H]1C(=O)O. The lowest BCUT2D eigenvalue weighted by Gasteiger charge is -2.43. The summed E-state index contributed by atoms with van der Waals surface area (Å²) in [6, 6.07) is 3.85. The van der Waals surface area contributed by atoms with Crippen LogP contribution in [0.5, 0.6) is 0 Å². The Labute approximate surface area is 245 Å². The first-order valence-electron chi connectivity index (χ1n) is 13.3. The number of β-lactam (4-membered cyclic amide) rings is 1. The summed E-state index contributed by atoms with van der Waals surface area (Å²) in [5.41, 5.74) is 4.81. The molecule has 6 atom stereocenters. The standard InChI is InChI=1S/C27H29ClN6O6S/c1-27(2)21(24(37)38)33-22(36)20(23(33)41-27)30-18(35)11-13-4-3-5-16(10-13)29-25(39)32-12-17-19(31-34(17)26(32)40)14-6-8-15(28)9-7-14/h3,5-10,16-17,19-21,23,31H,4,11-12H2,1-2H3,(H,29,39)(H,30,35)(H,37,38)/t16?,17?,19?,20-,21+,23-/m1/s1. The molecule has 5 aliphatic rings. The maximum absolute atomic E-state index is 13.0. The Morgan fingerprint density at radius 2 is 1.90 bits per heavy atom. The Balaban J connectivity index is 1.02. The molecule has 0 radical (unpaired) electrons. The molecule has 6 amide bonds. The van der Waals surface area contributed by atoms with Gasteiger partial charge in [0.1, 0.15) is 17.5 Å². The van der Waals surface area contributed by atoms with Crippen LogP contribution in [-0.4, -0.2) is 90.6 Å². The molecular weight excluding hydrogens is 572 g/mol. The molecule has 0 saturated carbocycles. The van der Waals surface area contributed by atoms with Gasteiger partial charge in [-0.2, -0.15) is 0 Å². The number of nitrogens with zero attached hydrogens (tertiary/aromatic N) is 3. The third kappa shape index (κ3) is 4.75. The molecule has 0 bridgehead atoms. The van der Waals surface area contributed by atoms with E-state index in [1.54, 1.807) is 38.1 Å². The van der Waals surface area contributed by atoms with Crippen LogP contribution in [0.15, 0.2) is 48.1 Å². The van der Waals surface area contributed by atoms with Crippen LogP contribution in [-0.2, 0) is 14.4 Å². The van der Waals surface area contributed by atoms with Crippen molar-refractivity contribution in [1.29, 1.82) is 0 Å². The summed E-state index contributed by atoms with van der Waals surface area (Å²) in [5, 5.41) is 16.8. The number of halogens is 1. The number of allylic oxidation sites excluding steroid dienone is 1. The molecule has 4 N–H and O–H groups in total. The lowest BCUT2D eigenvalue weighted by Crippen LogP contribution is -2.70. The number of nitrogens with one attached hydrogen (secondary N) is 3. The average molecular weight is 601 g/mol. The van der Waals surface area contributed by atoms with Crippen LogP contribution < -0.4 is 16.1 Å². The van der Waals surface area contributed by atoms with Gasteiger partial charge in [0.05, 0.1) is 24.7 Å². The minimum atomic E-state index is -1.06. The average Bonchev–Trinajstić information content (AvgIpc) is 3.30. The van der Waals surface area contributed by atoms with Crippen molar-refractivity contribution in [3.63, 3.8) is 0 Å². The quantitative estimate of drug-likeness (QED) is 0.286. The van der Waals surface area contributed by atoms with E-state index in [1.165, 1.54) is 21.7 Å². The summed E-state index contributed by atoms with van der Waals surface area (Å²) in [6.07, 6.45) is 5.93. The van der Waals surface area contributed by atoms with E-state index in [4.69, 9.17) is 11.6 Å². The van der Waals surface area contributed by atoms with Crippen molar-refractivity contribution >= 4 is 53.2 Å². The molecule has 1 aliphatic carbocycles. The van der Waals surface area contributed by atoms with Crippen molar-refractivity contribution in [1.82, 2.24) is 30.9 Å². The third-order valence-electron chi connectivity index (χ3n) is 8.08. The van der Waals surface area contributed by atoms with E-state index in [0.717, 1.165) is 16.0 Å². The van der Waals surface area contributed by atoms with E-state index >= 15 is 0 Å². The smallest absolute Gasteiger partial charge is 0.342 e. The zero-order valence-corrected chi connectivity index (χ0v) is 23.8. The fourth-order valence-electron chi connectivity index (χ4n) is 6.08. The summed E-state index contributed by atoms with van der Waals surface area (Å²) >= 11 is 7.34. The molecule has 4 fully saturated rings. The number of rotatable bonds is 6. The Morgan fingerprint density at radius 3 is 2.61 bits per heavy atom. The van der Waals surface area contributed by atoms with Crippen LogP contribution >= 0.6 is 23.4 Å². The van der Waals surface area contributed by atoms with Crippen molar-refractivity contribution in [2.24, 2.45) is 0 Å². The van der Waals surface area contributed by atoms with E-state index in [1.807, 2.05) is 18.2 Å². The largest absolute Gasteiger partial charge is 0.480 e. The molecule has 216 valence electrons. The number of imide groups is 1. The molecule has 4 aliphatic heterocycles. The van der Waals surface area contributed by atoms with Crippen LogP contribution in [0.1, 0.15) is 38.3 Å². The summed E-state index contributed by atoms with van der Waals surface area (Å²) in [5.74, 6) is -1.82. The van der Waals surface area contributed by atoms with E-state index < -0.39 is 52.2 Å². The molecule has 6 rings (SSSR count). The molecule has 1 aromatic carbocycles. The first kappa shape index (κ1) is 27.6. The maximum atomic E-state index is 13.0. The van der Waals surface area contributed by atoms with E-state index in [2.05, 4.69) is 16.1 Å². The van der Waals surface area contributed by atoms with E-state index in [-0.39, 0.29) is 31.0 Å². The van der Waals surface area contributed by atoms with Gasteiger partial charge in [0.2, 0.25) is 11.8 Å². The van der Waals surface area contributed by atoms with Gasteiger partial charge in [-0.15, -0.1) is 11.8 Å². The maximum Gasteiger partial charge on any atom is 0.342 e. The van der Waals surface area contributed by atoms with Crippen molar-refractivity contribution in [2.75, 3.05) is 6.54 Å². The van der Waals surface area contributed by atoms with Gasteiger partial charge in [-0.3, -0.25) is 14.6 Å². The monoisotopic (exact) mass is 600 g/mol. The lowest BCUT2D eigenvalue weighted by molar-refractivity contribution is -0.161. The van der Waals surface area contributed by atoms with Gasteiger partial charge in [-0.05, 0) is 38.0 Å². The Morgan fingerprint density at radius 1 is 1.17 bits per heavy atom. The number of carbonyl (C=O) groups is 5. The van der Waals surface area contributed by atoms with E-state index in [9.17, 15) is 29.1 Å². The van der Waals surface area contributed by atoms with Gasteiger partial charge in [0.25, 0.3) is 0 Å². The topological polar surface area (TPSA) is 151 Å². The predicted octanol–water partition coefficient (Wildman–Crippen LogP) is 1.99. The fraction of sp³-hybridized carbons (Fsp3) is 0.444. The number of hydrazine groups is 1. The molecular formula is C27H29ClN6O6S. The van der Waals surface area contributed by atoms with Gasteiger partial charge in [0, 0.05) is 16.2 Å². The van der Waals surface area contributed by atoms with Crippen molar-refractivity contribution in [3.05, 3.63) is 58.7 Å². The van der Waals surface area contributed by atoms with Gasteiger partial charge in [0.15, 0.2) is 0 Å². The number of benzene rings is 1. The first-order chi connectivity index (χ1) is 19.4. The van der Waals surface area contributed by atoms with Crippen molar-refractivity contribution in [2.45, 2.75) is 67.0 Å². The second-order valence-corrected chi connectivity index (χ2v) is 13.4. The number of aliphatic carboxylic acids is 1. The molecule has 4 saturated heterocycles.